The van der Waals surface area contributed by atoms with E-state index >= 15 is 0 Å². The first kappa shape index (κ1) is 13.8. The van der Waals surface area contributed by atoms with Gasteiger partial charge in [0.05, 0.1) is 5.69 Å². The van der Waals surface area contributed by atoms with E-state index in [-0.39, 0.29) is 0 Å². The number of hydrogen-bond acceptors (Lipinski definition) is 4. The van der Waals surface area contributed by atoms with E-state index in [2.05, 4.69) is 22.2 Å². The summed E-state index contributed by atoms with van der Waals surface area (Å²) in [6, 6.07) is 9.98. The molecular weight excluding hydrogens is 238 g/mol. The predicted molar refractivity (Wildman–Crippen MR) is 76.8 cm³/mol. The highest BCUT2D eigenvalue weighted by Gasteiger charge is 2.08. The second-order valence-electron chi connectivity index (χ2n) is 4.70. The molecular formula is C15H21N3O. The zero-order chi connectivity index (χ0) is 13.5. The van der Waals surface area contributed by atoms with Crippen LogP contribution in [-0.2, 0) is 6.54 Å². The van der Waals surface area contributed by atoms with Crippen molar-refractivity contribution in [3.63, 3.8) is 0 Å². The second-order valence-corrected chi connectivity index (χ2v) is 4.70. The molecule has 4 heteroatoms. The number of oxazole rings is 1. The smallest absolute Gasteiger partial charge is 0.226 e. The molecule has 0 saturated carbocycles. The van der Waals surface area contributed by atoms with E-state index in [9.17, 15) is 0 Å². The molecule has 1 aromatic carbocycles. The maximum Gasteiger partial charge on any atom is 0.226 e. The molecule has 0 fully saturated rings. The van der Waals surface area contributed by atoms with Gasteiger partial charge in [-0.05, 0) is 45.7 Å². The van der Waals surface area contributed by atoms with Gasteiger partial charge in [-0.25, -0.2) is 4.98 Å². The van der Waals surface area contributed by atoms with E-state index in [1.807, 2.05) is 37.4 Å². The predicted octanol–water partition coefficient (Wildman–Crippen LogP) is 2.38. The third kappa shape index (κ3) is 4.19. The Morgan fingerprint density at radius 2 is 2.05 bits per heavy atom. The lowest BCUT2D eigenvalue weighted by molar-refractivity contribution is 0.317. The molecule has 2 rings (SSSR count). The van der Waals surface area contributed by atoms with E-state index in [1.54, 1.807) is 6.26 Å². The zero-order valence-corrected chi connectivity index (χ0v) is 11.6. The fourth-order valence-electron chi connectivity index (χ4n) is 1.97. The summed E-state index contributed by atoms with van der Waals surface area (Å²) in [5, 5.41) is 3.15. The maximum absolute atomic E-state index is 5.53. The molecule has 102 valence electrons. The van der Waals surface area contributed by atoms with E-state index in [4.69, 9.17) is 4.42 Å². The van der Waals surface area contributed by atoms with Crippen LogP contribution in [0.3, 0.4) is 0 Å². The van der Waals surface area contributed by atoms with Crippen LogP contribution >= 0.6 is 0 Å². The molecule has 1 N–H and O–H groups in total. The molecule has 0 bridgehead atoms. The molecule has 0 unspecified atom stereocenters. The fourth-order valence-corrected chi connectivity index (χ4v) is 1.97. The summed E-state index contributed by atoms with van der Waals surface area (Å²) >= 11 is 0. The summed E-state index contributed by atoms with van der Waals surface area (Å²) in [5.41, 5.74) is 2.00. The third-order valence-electron chi connectivity index (χ3n) is 2.97. The van der Waals surface area contributed by atoms with Gasteiger partial charge in [-0.1, -0.05) is 18.2 Å². The van der Waals surface area contributed by atoms with E-state index in [0.29, 0.717) is 5.89 Å². The van der Waals surface area contributed by atoms with Crippen LogP contribution in [0.25, 0.3) is 11.5 Å². The van der Waals surface area contributed by atoms with Crippen LogP contribution in [-0.4, -0.2) is 37.1 Å². The summed E-state index contributed by atoms with van der Waals surface area (Å²) < 4.78 is 5.53. The second kappa shape index (κ2) is 7.07. The van der Waals surface area contributed by atoms with Crippen molar-refractivity contribution in [2.75, 3.05) is 27.2 Å². The highest BCUT2D eigenvalue weighted by molar-refractivity contribution is 5.52. The Balaban J connectivity index is 1.91. The Bertz CT molecular complexity index is 481. The molecule has 0 radical (unpaired) electrons. The van der Waals surface area contributed by atoms with Gasteiger partial charge in [0, 0.05) is 12.1 Å². The summed E-state index contributed by atoms with van der Waals surface area (Å²) in [7, 11) is 4.08. The molecule has 0 atom stereocenters. The molecule has 1 aromatic heterocycles. The van der Waals surface area contributed by atoms with Crippen molar-refractivity contribution in [1.29, 1.82) is 0 Å². The van der Waals surface area contributed by atoms with Gasteiger partial charge >= 0.3 is 0 Å². The SMILES string of the molecule is CNCCCN(C)Cc1coc(-c2ccccc2)n1. The van der Waals surface area contributed by atoms with Crippen molar-refractivity contribution in [2.45, 2.75) is 13.0 Å². The number of benzene rings is 1. The summed E-state index contributed by atoms with van der Waals surface area (Å²) in [6.45, 7) is 2.91. The van der Waals surface area contributed by atoms with Gasteiger partial charge in [0.2, 0.25) is 5.89 Å². The van der Waals surface area contributed by atoms with Crippen molar-refractivity contribution < 1.29 is 4.42 Å². The highest BCUT2D eigenvalue weighted by atomic mass is 16.3. The number of nitrogens with one attached hydrogen (secondary N) is 1. The Labute approximate surface area is 114 Å². The van der Waals surface area contributed by atoms with Crippen molar-refractivity contribution in [1.82, 2.24) is 15.2 Å². The summed E-state index contributed by atoms with van der Waals surface area (Å²) in [6.07, 6.45) is 2.88. The molecule has 19 heavy (non-hydrogen) atoms. The minimum Gasteiger partial charge on any atom is -0.444 e. The normalized spacial score (nSPS) is 11.1. The number of aromatic nitrogens is 1. The monoisotopic (exact) mass is 259 g/mol. The first-order chi connectivity index (χ1) is 9.29. The largest absolute Gasteiger partial charge is 0.444 e. The molecule has 0 aliphatic carbocycles. The quantitative estimate of drug-likeness (QED) is 0.775. The van der Waals surface area contributed by atoms with Crippen molar-refractivity contribution in [3.05, 3.63) is 42.3 Å². The van der Waals surface area contributed by atoms with E-state index in [0.717, 1.165) is 37.3 Å². The molecule has 0 aliphatic heterocycles. The highest BCUT2D eigenvalue weighted by Crippen LogP contribution is 2.18. The van der Waals surface area contributed by atoms with Crippen molar-refractivity contribution in [3.8, 4) is 11.5 Å². The lowest BCUT2D eigenvalue weighted by atomic mass is 10.2. The van der Waals surface area contributed by atoms with Gasteiger partial charge < -0.3 is 14.6 Å². The van der Waals surface area contributed by atoms with Crippen LogP contribution in [0, 0.1) is 0 Å². The topological polar surface area (TPSA) is 41.3 Å². The zero-order valence-electron chi connectivity index (χ0n) is 11.6. The fraction of sp³-hybridized carbons (Fsp3) is 0.400. The van der Waals surface area contributed by atoms with E-state index in [1.165, 1.54) is 0 Å². The minimum absolute atomic E-state index is 0.694. The average Bonchev–Trinajstić information content (AvgIpc) is 2.88. The van der Waals surface area contributed by atoms with E-state index < -0.39 is 0 Å². The van der Waals surface area contributed by atoms with Gasteiger partial charge in [-0.15, -0.1) is 0 Å². The molecule has 0 amide bonds. The number of rotatable bonds is 7. The molecule has 4 nitrogen and oxygen atoms in total. The molecule has 0 aliphatic rings. The summed E-state index contributed by atoms with van der Waals surface area (Å²) in [5.74, 6) is 0.694. The minimum atomic E-state index is 0.694. The molecule has 0 spiro atoms. The Hall–Kier alpha value is -1.65. The van der Waals surface area contributed by atoms with Gasteiger partial charge in [0.15, 0.2) is 0 Å². The van der Waals surface area contributed by atoms with Crippen LogP contribution in [0.4, 0.5) is 0 Å². The Kier molecular flexibility index (Phi) is 5.12. The third-order valence-corrected chi connectivity index (χ3v) is 2.97. The van der Waals surface area contributed by atoms with Crippen molar-refractivity contribution >= 4 is 0 Å². The Morgan fingerprint density at radius 1 is 1.26 bits per heavy atom. The van der Waals surface area contributed by atoms with Crippen molar-refractivity contribution in [2.24, 2.45) is 0 Å². The summed E-state index contributed by atoms with van der Waals surface area (Å²) in [4.78, 5) is 6.78. The molecule has 0 saturated heterocycles. The maximum atomic E-state index is 5.53. The van der Waals surface area contributed by atoms with Gasteiger partial charge in [-0.2, -0.15) is 0 Å². The lowest BCUT2D eigenvalue weighted by Gasteiger charge is -2.14. The van der Waals surface area contributed by atoms with Gasteiger partial charge in [-0.3, -0.25) is 0 Å². The average molecular weight is 259 g/mol. The number of nitrogens with zero attached hydrogens (tertiary/aromatic N) is 2. The van der Waals surface area contributed by atoms with Crippen LogP contribution < -0.4 is 5.32 Å². The first-order valence-corrected chi connectivity index (χ1v) is 6.62. The standard InChI is InChI=1S/C15H21N3O/c1-16-9-6-10-18(2)11-14-12-19-15(17-14)13-7-4-3-5-8-13/h3-5,7-8,12,16H,6,9-11H2,1-2H3. The molecule has 1 heterocycles. The van der Waals surface area contributed by atoms with Crippen LogP contribution in [0.1, 0.15) is 12.1 Å². The first-order valence-electron chi connectivity index (χ1n) is 6.62. The Morgan fingerprint density at radius 3 is 2.79 bits per heavy atom. The lowest BCUT2D eigenvalue weighted by Crippen LogP contribution is -2.22. The van der Waals surface area contributed by atoms with Crippen LogP contribution in [0.5, 0.6) is 0 Å². The van der Waals surface area contributed by atoms with Gasteiger partial charge in [0.1, 0.15) is 6.26 Å². The molecule has 2 aromatic rings. The number of hydrogen-bond donors (Lipinski definition) is 1. The van der Waals surface area contributed by atoms with Crippen LogP contribution in [0.15, 0.2) is 41.0 Å². The van der Waals surface area contributed by atoms with Crippen LogP contribution in [0.2, 0.25) is 0 Å². The van der Waals surface area contributed by atoms with Gasteiger partial charge in [0.25, 0.3) is 0 Å².